The molecule has 3 atom stereocenters. The lowest BCUT2D eigenvalue weighted by molar-refractivity contribution is -0.137. The van der Waals surface area contributed by atoms with Gasteiger partial charge in [-0.25, -0.2) is 4.79 Å². The summed E-state index contributed by atoms with van der Waals surface area (Å²) in [5, 5.41) is 1.57. The lowest BCUT2D eigenvalue weighted by Gasteiger charge is -2.44. The lowest BCUT2D eigenvalue weighted by atomic mass is 10.00. The molecule has 0 bridgehead atoms. The van der Waals surface area contributed by atoms with Crippen molar-refractivity contribution in [2.24, 2.45) is 5.73 Å². The van der Waals surface area contributed by atoms with E-state index in [0.29, 0.717) is 11.3 Å². The molecule has 3 aromatic heterocycles. The molecule has 0 aliphatic carbocycles. The van der Waals surface area contributed by atoms with Crippen LogP contribution in [-0.4, -0.2) is 68.3 Å². The van der Waals surface area contributed by atoms with Gasteiger partial charge in [-0.3, -0.25) is 19.1 Å². The second kappa shape index (κ2) is 12.1. The average molecular weight is 671 g/mol. The molecule has 46 heavy (non-hydrogen) atoms. The molecule has 6 rings (SSSR count). The van der Waals surface area contributed by atoms with Crippen molar-refractivity contribution in [3.63, 3.8) is 0 Å². The van der Waals surface area contributed by atoms with Crippen LogP contribution in [0.1, 0.15) is 29.8 Å². The molecule has 0 spiro atoms. The Balaban J connectivity index is 1.59. The largest absolute Gasteiger partial charge is 0.488 e. The van der Waals surface area contributed by atoms with Crippen molar-refractivity contribution in [3.05, 3.63) is 76.3 Å². The summed E-state index contributed by atoms with van der Waals surface area (Å²) < 4.78 is 52.5. The quantitative estimate of drug-likeness (QED) is 0.290. The molecule has 240 valence electrons. The molecule has 5 heterocycles. The van der Waals surface area contributed by atoms with Gasteiger partial charge in [0.15, 0.2) is 0 Å². The van der Waals surface area contributed by atoms with Crippen molar-refractivity contribution in [1.29, 1.82) is 0 Å². The van der Waals surface area contributed by atoms with Gasteiger partial charge in [-0.05, 0) is 44.2 Å². The minimum atomic E-state index is -4.80. The molecule has 1 saturated heterocycles. The Morgan fingerprint density at radius 2 is 1.83 bits per heavy atom. The zero-order valence-corrected chi connectivity index (χ0v) is 26.4. The van der Waals surface area contributed by atoms with Gasteiger partial charge in [0.05, 0.1) is 23.2 Å². The predicted molar refractivity (Wildman–Crippen MR) is 170 cm³/mol. The summed E-state index contributed by atoms with van der Waals surface area (Å²) in [6.45, 7) is 7.74. The first kappa shape index (κ1) is 31.6. The first-order valence-corrected chi connectivity index (χ1v) is 16.2. The zero-order valence-electron chi connectivity index (χ0n) is 24.8. The molecule has 15 heteroatoms. The third-order valence-electron chi connectivity index (χ3n) is 8.03. The number of piperazine rings is 1. The minimum absolute atomic E-state index is 0.0289. The Morgan fingerprint density at radius 1 is 1.13 bits per heavy atom. The first-order chi connectivity index (χ1) is 21.9. The van der Waals surface area contributed by atoms with Crippen LogP contribution in [-0.2, 0) is 17.5 Å². The fourth-order valence-corrected chi connectivity index (χ4v) is 8.43. The Bertz CT molecular complexity index is 1900. The molecule has 0 radical (unpaired) electrons. The van der Waals surface area contributed by atoms with E-state index in [1.165, 1.54) is 22.1 Å². The van der Waals surface area contributed by atoms with Crippen molar-refractivity contribution >= 4 is 51.6 Å². The Hall–Kier alpha value is -4.37. The predicted octanol–water partition coefficient (Wildman–Crippen LogP) is 4.80. The number of ether oxygens (including phenoxy) is 1. The van der Waals surface area contributed by atoms with E-state index in [1.54, 1.807) is 34.3 Å². The summed E-state index contributed by atoms with van der Waals surface area (Å²) >= 11 is 2.12. The van der Waals surface area contributed by atoms with Gasteiger partial charge < -0.3 is 20.3 Å². The summed E-state index contributed by atoms with van der Waals surface area (Å²) in [6, 6.07) is 5.03. The highest BCUT2D eigenvalue weighted by Crippen LogP contribution is 2.49. The number of thiophene rings is 1. The second-order valence-electron chi connectivity index (χ2n) is 11.2. The highest BCUT2D eigenvalue weighted by atomic mass is 32.2. The van der Waals surface area contributed by atoms with Crippen molar-refractivity contribution in [2.75, 3.05) is 23.7 Å². The number of carbonyl (C=O) groups excluding carboxylic acids is 2. The molecule has 4 aromatic rings. The minimum Gasteiger partial charge on any atom is -0.488 e. The topological polar surface area (TPSA) is 124 Å². The van der Waals surface area contributed by atoms with E-state index >= 15 is 13.2 Å². The van der Waals surface area contributed by atoms with E-state index in [4.69, 9.17) is 10.5 Å². The molecule has 0 saturated carbocycles. The summed E-state index contributed by atoms with van der Waals surface area (Å²) in [5.74, 6) is -0.199. The highest BCUT2D eigenvalue weighted by Gasteiger charge is 2.40. The maximum absolute atomic E-state index is 15.0. The van der Waals surface area contributed by atoms with E-state index in [0.717, 1.165) is 29.2 Å². The Morgan fingerprint density at radius 3 is 2.43 bits per heavy atom. The standard InChI is InChI=1S/C31H29F3N6O4S2/c1-4-24(41)40-16(2)11-38(12-17(40)3)29-21-10-22(31(32,33)34)25(23-9-18(14-45-23)28(35)42)27-26(21)39(30(43)37-29)13-20(15-46-27)44-19-5-7-36-8-6-19/h4-10,14,16-17,20H,1,11-13,15H2,2-3H3,(H2,35,42)/t16-,17+,20?. The highest BCUT2D eigenvalue weighted by molar-refractivity contribution is 7.99. The molecule has 1 aromatic carbocycles. The number of anilines is 1. The number of hydrogen-bond donors (Lipinski definition) is 1. The summed E-state index contributed by atoms with van der Waals surface area (Å²) in [6.07, 6.45) is -1.06. The van der Waals surface area contributed by atoms with Crippen LogP contribution in [0.25, 0.3) is 21.3 Å². The van der Waals surface area contributed by atoms with Gasteiger partial charge in [-0.2, -0.15) is 18.2 Å². The number of alkyl halides is 3. The summed E-state index contributed by atoms with van der Waals surface area (Å²) in [4.78, 5) is 50.6. The number of rotatable bonds is 6. The van der Waals surface area contributed by atoms with Gasteiger partial charge in [-0.1, -0.05) is 6.58 Å². The van der Waals surface area contributed by atoms with Crippen LogP contribution in [0.2, 0.25) is 0 Å². The summed E-state index contributed by atoms with van der Waals surface area (Å²) in [7, 11) is 0. The maximum atomic E-state index is 15.0. The number of halogens is 3. The molecule has 2 amide bonds. The molecule has 10 nitrogen and oxygen atoms in total. The smallest absolute Gasteiger partial charge is 0.417 e. The van der Waals surface area contributed by atoms with Crippen molar-refractivity contribution in [1.82, 2.24) is 19.4 Å². The number of aromatic nitrogens is 3. The zero-order chi connectivity index (χ0) is 32.9. The number of pyridine rings is 1. The second-order valence-corrected chi connectivity index (χ2v) is 13.1. The van der Waals surface area contributed by atoms with Crippen LogP contribution in [0.4, 0.5) is 19.0 Å². The number of carbonyl (C=O) groups is 2. The van der Waals surface area contributed by atoms with E-state index in [-0.39, 0.29) is 75.5 Å². The van der Waals surface area contributed by atoms with Crippen molar-refractivity contribution in [3.8, 4) is 16.2 Å². The van der Waals surface area contributed by atoms with Gasteiger partial charge in [0, 0.05) is 69.4 Å². The van der Waals surface area contributed by atoms with E-state index < -0.39 is 29.4 Å². The molecule has 2 aliphatic heterocycles. The van der Waals surface area contributed by atoms with Gasteiger partial charge in [-0.15, -0.1) is 23.1 Å². The van der Waals surface area contributed by atoms with Gasteiger partial charge in [0.2, 0.25) is 11.8 Å². The Labute approximate surface area is 269 Å². The van der Waals surface area contributed by atoms with Crippen LogP contribution in [0.5, 0.6) is 5.75 Å². The number of thioether (sulfide) groups is 1. The first-order valence-electron chi connectivity index (χ1n) is 14.3. The molecule has 2 N–H and O–H groups in total. The average Bonchev–Trinajstić information content (AvgIpc) is 3.42. The van der Waals surface area contributed by atoms with E-state index in [1.807, 2.05) is 13.8 Å². The fourth-order valence-electron chi connectivity index (χ4n) is 6.16. The van der Waals surface area contributed by atoms with Crippen LogP contribution < -0.4 is 21.1 Å². The maximum Gasteiger partial charge on any atom is 0.417 e. The van der Waals surface area contributed by atoms with Crippen molar-refractivity contribution < 1.29 is 27.5 Å². The molecule has 1 fully saturated rings. The van der Waals surface area contributed by atoms with Crippen LogP contribution >= 0.6 is 23.1 Å². The lowest BCUT2D eigenvalue weighted by Crippen LogP contribution is -2.58. The van der Waals surface area contributed by atoms with Crippen molar-refractivity contribution in [2.45, 2.75) is 49.7 Å². The van der Waals surface area contributed by atoms with Crippen LogP contribution in [0.15, 0.2) is 64.4 Å². The van der Waals surface area contributed by atoms with E-state index in [9.17, 15) is 14.4 Å². The van der Waals surface area contributed by atoms with Crippen LogP contribution in [0, 0.1) is 0 Å². The van der Waals surface area contributed by atoms with Gasteiger partial charge in [0.1, 0.15) is 17.7 Å². The third-order valence-corrected chi connectivity index (χ3v) is 10.2. The van der Waals surface area contributed by atoms with Gasteiger partial charge in [0.25, 0.3) is 0 Å². The number of hydrogen-bond acceptors (Lipinski definition) is 9. The molecule has 1 unspecified atom stereocenters. The normalized spacial score (nSPS) is 20.0. The third kappa shape index (κ3) is 5.73. The van der Waals surface area contributed by atoms with Gasteiger partial charge >= 0.3 is 11.9 Å². The molecular formula is C31H29F3N6O4S2. The molecular weight excluding hydrogens is 642 g/mol. The summed E-state index contributed by atoms with van der Waals surface area (Å²) in [5.41, 5.74) is 4.12. The number of primary amides is 1. The monoisotopic (exact) mass is 670 g/mol. The van der Waals surface area contributed by atoms with Crippen LogP contribution in [0.3, 0.4) is 0 Å². The Kier molecular flexibility index (Phi) is 8.31. The van der Waals surface area contributed by atoms with E-state index in [2.05, 4.69) is 16.5 Å². The number of nitrogens with two attached hydrogens (primary N) is 1. The number of nitrogens with zero attached hydrogens (tertiary/aromatic N) is 5. The molecule has 2 aliphatic rings. The number of amides is 2. The fraction of sp³-hybridized carbons (Fsp3) is 0.323. The SMILES string of the molecule is C=CC(=O)N1[C@H](C)CN(c2nc(=O)n3c4c(c(-c5cc(C(N)=O)cs5)c(C(F)(F)F)cc24)SCC(Oc2ccncc2)C3)C[C@@H]1C. The number of benzene rings is 1.